The molecule has 1 unspecified atom stereocenters. The summed E-state index contributed by atoms with van der Waals surface area (Å²) in [6, 6.07) is 1.61. The molecule has 0 fully saturated rings. The molecule has 16 heavy (non-hydrogen) atoms. The maximum absolute atomic E-state index is 10.8. The van der Waals surface area contributed by atoms with Gasteiger partial charge in [-0.3, -0.25) is 0 Å². The summed E-state index contributed by atoms with van der Waals surface area (Å²) in [5.41, 5.74) is 0.0915. The molecule has 0 amide bonds. The topological polar surface area (TPSA) is 82.7 Å². The van der Waals surface area contributed by atoms with E-state index in [0.29, 0.717) is 12.1 Å². The number of aliphatic hydroxyl groups is 1. The number of hydrogen-bond donors (Lipinski definition) is 3. The van der Waals surface area contributed by atoms with E-state index in [2.05, 4.69) is 5.32 Å². The molecule has 0 radical (unpaired) electrons. The van der Waals surface area contributed by atoms with Gasteiger partial charge < -0.3 is 19.9 Å². The Morgan fingerprint density at radius 2 is 2.25 bits per heavy atom. The molecular weight excluding hydrogens is 210 g/mol. The standard InChI is InChI=1S/C11H17NO4/c1-7(13)11(2,3)12-6-8-4-5-16-9(8)10(14)15/h4-5,7,12-13H,6H2,1-3H3,(H,14,15). The molecule has 1 aromatic rings. The van der Waals surface area contributed by atoms with Gasteiger partial charge in [-0.1, -0.05) is 0 Å². The predicted molar refractivity (Wildman–Crippen MR) is 58.3 cm³/mol. The van der Waals surface area contributed by atoms with Crippen molar-refractivity contribution in [3.8, 4) is 0 Å². The minimum Gasteiger partial charge on any atom is -0.475 e. The van der Waals surface area contributed by atoms with Crippen LogP contribution in [0.25, 0.3) is 0 Å². The SMILES string of the molecule is CC(O)C(C)(C)NCc1ccoc1C(=O)O. The van der Waals surface area contributed by atoms with E-state index < -0.39 is 17.6 Å². The third kappa shape index (κ3) is 2.84. The predicted octanol–water partition coefficient (Wildman–Crippen LogP) is 1.23. The number of rotatable bonds is 5. The van der Waals surface area contributed by atoms with Crippen LogP contribution in [0.1, 0.15) is 36.9 Å². The third-order valence-corrected chi connectivity index (χ3v) is 2.72. The van der Waals surface area contributed by atoms with Crippen molar-refractivity contribution in [2.45, 2.75) is 39.0 Å². The lowest BCUT2D eigenvalue weighted by atomic mass is 9.98. The van der Waals surface area contributed by atoms with E-state index in [1.807, 2.05) is 13.8 Å². The summed E-state index contributed by atoms with van der Waals surface area (Å²) >= 11 is 0. The molecule has 0 aromatic carbocycles. The maximum Gasteiger partial charge on any atom is 0.372 e. The van der Waals surface area contributed by atoms with Crippen molar-refractivity contribution < 1.29 is 19.4 Å². The molecule has 5 nitrogen and oxygen atoms in total. The van der Waals surface area contributed by atoms with Crippen molar-refractivity contribution in [2.24, 2.45) is 0 Å². The molecule has 1 atom stereocenters. The first kappa shape index (κ1) is 12.7. The molecule has 1 rings (SSSR count). The molecule has 0 saturated carbocycles. The molecular formula is C11H17NO4. The number of hydrogen-bond acceptors (Lipinski definition) is 4. The first-order valence-electron chi connectivity index (χ1n) is 5.07. The Morgan fingerprint density at radius 1 is 1.62 bits per heavy atom. The number of carboxylic acids is 1. The number of carboxylic acid groups (broad SMARTS) is 1. The molecule has 0 aliphatic carbocycles. The molecule has 0 aliphatic heterocycles. The van der Waals surface area contributed by atoms with Gasteiger partial charge in [0.15, 0.2) is 0 Å². The summed E-state index contributed by atoms with van der Waals surface area (Å²) in [5, 5.41) is 21.4. The van der Waals surface area contributed by atoms with Crippen molar-refractivity contribution in [1.82, 2.24) is 5.32 Å². The zero-order valence-corrected chi connectivity index (χ0v) is 9.65. The molecule has 1 aromatic heterocycles. The van der Waals surface area contributed by atoms with Crippen molar-refractivity contribution in [3.05, 3.63) is 23.7 Å². The highest BCUT2D eigenvalue weighted by Gasteiger charge is 2.24. The average Bonchev–Trinajstić information content (AvgIpc) is 2.62. The molecule has 0 spiro atoms. The Labute approximate surface area is 94.1 Å². The molecule has 1 heterocycles. The van der Waals surface area contributed by atoms with Crippen LogP contribution in [-0.2, 0) is 6.54 Å². The smallest absolute Gasteiger partial charge is 0.372 e. The number of nitrogens with one attached hydrogen (secondary N) is 1. The van der Waals surface area contributed by atoms with E-state index in [0.717, 1.165) is 0 Å². The van der Waals surface area contributed by atoms with Crippen molar-refractivity contribution in [3.63, 3.8) is 0 Å². The van der Waals surface area contributed by atoms with E-state index >= 15 is 0 Å². The molecule has 0 saturated heterocycles. The maximum atomic E-state index is 10.8. The van der Waals surface area contributed by atoms with Gasteiger partial charge >= 0.3 is 5.97 Å². The summed E-state index contributed by atoms with van der Waals surface area (Å²) in [6.45, 7) is 5.72. The zero-order chi connectivity index (χ0) is 12.3. The van der Waals surface area contributed by atoms with Crippen LogP contribution in [0.5, 0.6) is 0 Å². The highest BCUT2D eigenvalue weighted by molar-refractivity contribution is 5.86. The van der Waals surface area contributed by atoms with Crippen molar-refractivity contribution >= 4 is 5.97 Å². The monoisotopic (exact) mass is 227 g/mol. The van der Waals surface area contributed by atoms with Crippen LogP contribution in [0.2, 0.25) is 0 Å². The van der Waals surface area contributed by atoms with Gasteiger partial charge in [-0.2, -0.15) is 0 Å². The molecule has 0 aliphatic rings. The van der Waals surface area contributed by atoms with Gasteiger partial charge in [-0.25, -0.2) is 4.79 Å². The van der Waals surface area contributed by atoms with Crippen LogP contribution in [-0.4, -0.2) is 27.8 Å². The molecule has 5 heteroatoms. The van der Waals surface area contributed by atoms with Gasteiger partial charge in [0.05, 0.1) is 12.4 Å². The summed E-state index contributed by atoms with van der Waals surface area (Å²) in [6.07, 6.45) is 0.809. The van der Waals surface area contributed by atoms with Crippen molar-refractivity contribution in [1.29, 1.82) is 0 Å². The third-order valence-electron chi connectivity index (χ3n) is 2.72. The summed E-state index contributed by atoms with van der Waals surface area (Å²) in [4.78, 5) is 10.8. The molecule has 0 bridgehead atoms. The molecule has 3 N–H and O–H groups in total. The van der Waals surface area contributed by atoms with E-state index in [4.69, 9.17) is 9.52 Å². The first-order chi connectivity index (χ1) is 7.34. The lowest BCUT2D eigenvalue weighted by Gasteiger charge is -2.29. The van der Waals surface area contributed by atoms with E-state index in [9.17, 15) is 9.90 Å². The van der Waals surface area contributed by atoms with Gasteiger partial charge in [0, 0.05) is 17.6 Å². The largest absolute Gasteiger partial charge is 0.475 e. The van der Waals surface area contributed by atoms with Crippen molar-refractivity contribution in [2.75, 3.05) is 0 Å². The summed E-state index contributed by atoms with van der Waals surface area (Å²) in [5.74, 6) is -1.15. The minimum absolute atomic E-state index is 0.0612. The van der Waals surface area contributed by atoms with Crippen LogP contribution in [0.15, 0.2) is 16.7 Å². The normalized spacial score (nSPS) is 13.8. The van der Waals surface area contributed by atoms with Gasteiger partial charge in [0.2, 0.25) is 5.76 Å². The number of furan rings is 1. The number of aromatic carboxylic acids is 1. The first-order valence-corrected chi connectivity index (χ1v) is 5.07. The van der Waals surface area contributed by atoms with Crippen LogP contribution in [0.3, 0.4) is 0 Å². The Kier molecular flexibility index (Phi) is 3.72. The number of aliphatic hydroxyl groups excluding tert-OH is 1. The van der Waals surface area contributed by atoms with Crippen LogP contribution < -0.4 is 5.32 Å². The fourth-order valence-corrected chi connectivity index (χ4v) is 1.13. The van der Waals surface area contributed by atoms with Crippen LogP contribution >= 0.6 is 0 Å². The molecule has 90 valence electrons. The van der Waals surface area contributed by atoms with Gasteiger partial charge in [-0.05, 0) is 26.8 Å². The average molecular weight is 227 g/mol. The quantitative estimate of drug-likeness (QED) is 0.704. The minimum atomic E-state index is -1.09. The van der Waals surface area contributed by atoms with Gasteiger partial charge in [0.1, 0.15) is 0 Å². The fourth-order valence-electron chi connectivity index (χ4n) is 1.13. The summed E-state index contributed by atoms with van der Waals surface area (Å²) < 4.78 is 4.85. The van der Waals surface area contributed by atoms with Crippen LogP contribution in [0, 0.1) is 0 Å². The fraction of sp³-hybridized carbons (Fsp3) is 0.545. The highest BCUT2D eigenvalue weighted by atomic mass is 16.4. The van der Waals surface area contributed by atoms with Gasteiger partial charge in [-0.15, -0.1) is 0 Å². The van der Waals surface area contributed by atoms with E-state index in [-0.39, 0.29) is 5.76 Å². The Balaban J connectivity index is 2.68. The Hall–Kier alpha value is -1.33. The second-order valence-electron chi connectivity index (χ2n) is 4.33. The van der Waals surface area contributed by atoms with E-state index in [1.54, 1.807) is 13.0 Å². The number of carbonyl (C=O) groups is 1. The highest BCUT2D eigenvalue weighted by Crippen LogP contribution is 2.14. The summed E-state index contributed by atoms with van der Waals surface area (Å²) in [7, 11) is 0. The van der Waals surface area contributed by atoms with Crippen LogP contribution in [0.4, 0.5) is 0 Å². The lowest BCUT2D eigenvalue weighted by molar-refractivity contribution is 0.0659. The lowest BCUT2D eigenvalue weighted by Crippen LogP contribution is -2.47. The Bertz CT molecular complexity index is 368. The van der Waals surface area contributed by atoms with Gasteiger partial charge in [0.25, 0.3) is 0 Å². The second kappa shape index (κ2) is 4.67. The Morgan fingerprint density at radius 3 is 2.75 bits per heavy atom. The zero-order valence-electron chi connectivity index (χ0n) is 9.65. The van der Waals surface area contributed by atoms with E-state index in [1.165, 1.54) is 6.26 Å². The second-order valence-corrected chi connectivity index (χ2v) is 4.33.